The number of nitrogens with zero attached hydrogens (tertiary/aromatic N) is 3. The van der Waals surface area contributed by atoms with Crippen molar-refractivity contribution in [2.24, 2.45) is 23.0 Å². The van der Waals surface area contributed by atoms with Crippen LogP contribution in [0.1, 0.15) is 31.2 Å². The Morgan fingerprint density at radius 1 is 1.12 bits per heavy atom. The number of benzene rings is 1. The Hall–Kier alpha value is -3.30. The highest BCUT2D eigenvalue weighted by molar-refractivity contribution is 6.08. The van der Waals surface area contributed by atoms with Crippen LogP contribution >= 0.6 is 0 Å². The minimum absolute atomic E-state index is 0.0556. The van der Waals surface area contributed by atoms with E-state index in [0.29, 0.717) is 23.2 Å². The highest BCUT2D eigenvalue weighted by Crippen LogP contribution is 2.64. The fourth-order valence-corrected chi connectivity index (χ4v) is 5.37. The Kier molecular flexibility index (Phi) is 3.33. The molecule has 6 nitrogen and oxygen atoms in total. The lowest BCUT2D eigenvalue weighted by Crippen LogP contribution is -2.61. The van der Waals surface area contributed by atoms with Gasteiger partial charge in [-0.25, -0.2) is 0 Å². The van der Waals surface area contributed by atoms with Crippen molar-refractivity contribution in [3.05, 3.63) is 41.1 Å². The second kappa shape index (κ2) is 5.35. The average Bonchev–Trinajstić information content (AvgIpc) is 2.97. The summed E-state index contributed by atoms with van der Waals surface area (Å²) in [6.07, 6.45) is 3.24. The molecule has 0 aromatic heterocycles. The fraction of sp³-hybridized carbons (Fsp3) is 0.400. The van der Waals surface area contributed by atoms with Gasteiger partial charge in [0.1, 0.15) is 5.41 Å². The maximum atomic E-state index is 13.4. The monoisotopic (exact) mass is 343 g/mol. The summed E-state index contributed by atoms with van der Waals surface area (Å²) in [7, 11) is 0. The first kappa shape index (κ1) is 16.2. The molecule has 0 bridgehead atoms. The molecule has 3 N–H and O–H groups in total. The maximum absolute atomic E-state index is 13.4. The molecule has 128 valence electrons. The molecule has 1 aromatic carbocycles. The van der Waals surface area contributed by atoms with E-state index in [9.17, 15) is 20.6 Å². The zero-order valence-corrected chi connectivity index (χ0v) is 14.1. The van der Waals surface area contributed by atoms with Crippen LogP contribution in [0.4, 0.5) is 5.69 Å². The predicted molar refractivity (Wildman–Crippen MR) is 92.7 cm³/mol. The first-order valence-corrected chi connectivity index (χ1v) is 8.72. The van der Waals surface area contributed by atoms with Gasteiger partial charge in [0.15, 0.2) is 0 Å². The number of hydrogen-bond acceptors (Lipinski definition) is 5. The molecular formula is C20H17N5O. The zero-order chi connectivity index (χ0) is 18.5. The minimum atomic E-state index is -1.90. The first-order chi connectivity index (χ1) is 12.6. The number of nitriles is 3. The van der Waals surface area contributed by atoms with Crippen LogP contribution in [0.5, 0.6) is 0 Å². The average molecular weight is 343 g/mol. The van der Waals surface area contributed by atoms with Crippen LogP contribution in [-0.4, -0.2) is 5.91 Å². The third kappa shape index (κ3) is 1.56. The number of amides is 1. The number of fused-ring (bicyclic) bond motifs is 4. The van der Waals surface area contributed by atoms with E-state index in [0.717, 1.165) is 19.3 Å². The van der Waals surface area contributed by atoms with Gasteiger partial charge in [-0.2, -0.15) is 15.8 Å². The largest absolute Gasteiger partial charge is 0.399 e. The highest BCUT2D eigenvalue weighted by atomic mass is 16.2. The van der Waals surface area contributed by atoms with E-state index in [1.165, 1.54) is 0 Å². The van der Waals surface area contributed by atoms with Crippen LogP contribution in [0.3, 0.4) is 0 Å². The predicted octanol–water partition coefficient (Wildman–Crippen LogP) is 2.47. The quantitative estimate of drug-likeness (QED) is 0.748. The summed E-state index contributed by atoms with van der Waals surface area (Å²) in [5.74, 6) is -0.875. The first-order valence-electron chi connectivity index (χ1n) is 8.72. The summed E-state index contributed by atoms with van der Waals surface area (Å²) < 4.78 is 0. The van der Waals surface area contributed by atoms with E-state index in [4.69, 9.17) is 5.73 Å². The van der Waals surface area contributed by atoms with Crippen molar-refractivity contribution in [1.82, 2.24) is 0 Å². The Bertz CT molecular complexity index is 959. The summed E-state index contributed by atoms with van der Waals surface area (Å²) in [5.41, 5.74) is 4.53. The molecule has 1 heterocycles. The van der Waals surface area contributed by atoms with Gasteiger partial charge in [-0.05, 0) is 30.4 Å². The zero-order valence-electron chi connectivity index (χ0n) is 14.1. The number of hydrogen-bond donors (Lipinski definition) is 2. The number of para-hydroxylation sites is 1. The number of nitrogens with one attached hydrogen (secondary N) is 1. The third-order valence-corrected chi connectivity index (χ3v) is 6.39. The van der Waals surface area contributed by atoms with Gasteiger partial charge >= 0.3 is 0 Å². The van der Waals surface area contributed by atoms with Crippen molar-refractivity contribution in [1.29, 1.82) is 15.8 Å². The van der Waals surface area contributed by atoms with Crippen LogP contribution in [0.15, 0.2) is 35.5 Å². The molecule has 4 rings (SSSR count). The van der Waals surface area contributed by atoms with Crippen molar-refractivity contribution < 1.29 is 4.79 Å². The standard InChI is InChI=1S/C20H17N5O/c21-9-13-12-5-1-2-6-14(12)20(19(10-22,11-23)17(13)24)15-7-3-4-8-16(15)25-18(20)26/h3-4,7-8,12,14H,1-2,5-6,24H2,(H,25,26). The minimum Gasteiger partial charge on any atom is -0.399 e. The Morgan fingerprint density at radius 2 is 1.81 bits per heavy atom. The number of anilines is 1. The number of allylic oxidation sites excluding steroid dienone is 2. The van der Waals surface area contributed by atoms with Crippen molar-refractivity contribution >= 4 is 11.6 Å². The summed E-state index contributed by atoms with van der Waals surface area (Å²) >= 11 is 0. The smallest absolute Gasteiger partial charge is 0.238 e. The molecule has 3 aliphatic rings. The summed E-state index contributed by atoms with van der Waals surface area (Å²) in [6.45, 7) is 0. The number of carbonyl (C=O) groups is 1. The number of carbonyl (C=O) groups excluding carboxylic acids is 1. The lowest BCUT2D eigenvalue weighted by atomic mass is 9.45. The molecule has 1 fully saturated rings. The molecule has 26 heavy (non-hydrogen) atoms. The van der Waals surface area contributed by atoms with Gasteiger partial charge < -0.3 is 11.1 Å². The molecule has 1 aliphatic heterocycles. The van der Waals surface area contributed by atoms with Crippen LogP contribution in [0.25, 0.3) is 0 Å². The van der Waals surface area contributed by atoms with E-state index in [2.05, 4.69) is 23.5 Å². The van der Waals surface area contributed by atoms with Gasteiger partial charge in [0, 0.05) is 11.6 Å². The topological polar surface area (TPSA) is 126 Å². The molecule has 1 aromatic rings. The number of rotatable bonds is 0. The lowest BCUT2D eigenvalue weighted by molar-refractivity contribution is -0.127. The van der Waals surface area contributed by atoms with Crippen molar-refractivity contribution in [2.75, 3.05) is 5.32 Å². The van der Waals surface area contributed by atoms with Gasteiger partial charge in [0.25, 0.3) is 0 Å². The van der Waals surface area contributed by atoms with Crippen molar-refractivity contribution in [3.63, 3.8) is 0 Å². The van der Waals surface area contributed by atoms with Crippen molar-refractivity contribution in [3.8, 4) is 18.2 Å². The molecular weight excluding hydrogens is 326 g/mol. The van der Waals surface area contributed by atoms with E-state index in [1.807, 2.05) is 0 Å². The van der Waals surface area contributed by atoms with Crippen molar-refractivity contribution in [2.45, 2.75) is 31.1 Å². The summed E-state index contributed by atoms with van der Waals surface area (Å²) in [5, 5.41) is 32.8. The maximum Gasteiger partial charge on any atom is 0.238 e. The van der Waals surface area contributed by atoms with Crippen LogP contribution in [0.2, 0.25) is 0 Å². The van der Waals surface area contributed by atoms with Gasteiger partial charge in [-0.3, -0.25) is 4.79 Å². The lowest BCUT2D eigenvalue weighted by Gasteiger charge is -2.52. The molecule has 3 atom stereocenters. The van der Waals surface area contributed by atoms with Crippen LogP contribution in [0, 0.1) is 51.2 Å². The van der Waals surface area contributed by atoms with Crippen LogP contribution < -0.4 is 11.1 Å². The van der Waals surface area contributed by atoms with E-state index >= 15 is 0 Å². The Morgan fingerprint density at radius 3 is 2.50 bits per heavy atom. The Labute approximate surface area is 151 Å². The van der Waals surface area contributed by atoms with E-state index < -0.39 is 10.8 Å². The molecule has 1 amide bonds. The van der Waals surface area contributed by atoms with E-state index in [-0.39, 0.29) is 23.4 Å². The molecule has 0 radical (unpaired) electrons. The normalized spacial score (nSPS) is 31.2. The molecule has 6 heteroatoms. The highest BCUT2D eigenvalue weighted by Gasteiger charge is 2.71. The SMILES string of the molecule is N#CC1=C(N)C(C#N)(C#N)C2(C(=O)Nc3ccccc32)C2CCCCC12. The Balaban J connectivity index is 2.16. The van der Waals surface area contributed by atoms with Gasteiger partial charge in [-0.1, -0.05) is 31.0 Å². The molecule has 3 unspecified atom stereocenters. The van der Waals surface area contributed by atoms with Gasteiger partial charge in [0.05, 0.1) is 29.5 Å². The second-order valence-corrected chi connectivity index (χ2v) is 7.22. The van der Waals surface area contributed by atoms with Crippen LogP contribution in [-0.2, 0) is 10.2 Å². The van der Waals surface area contributed by atoms with E-state index in [1.54, 1.807) is 24.3 Å². The van der Waals surface area contributed by atoms with Gasteiger partial charge in [-0.15, -0.1) is 0 Å². The third-order valence-electron chi connectivity index (χ3n) is 6.39. The fourth-order valence-electron chi connectivity index (χ4n) is 5.37. The molecule has 1 saturated carbocycles. The molecule has 0 saturated heterocycles. The van der Waals surface area contributed by atoms with Gasteiger partial charge in [0.2, 0.25) is 11.3 Å². The second-order valence-electron chi connectivity index (χ2n) is 7.22. The molecule has 1 spiro atoms. The molecule has 2 aliphatic carbocycles. The summed E-state index contributed by atoms with van der Waals surface area (Å²) in [4.78, 5) is 13.4. The number of nitrogens with two attached hydrogens (primary N) is 1. The summed E-state index contributed by atoms with van der Waals surface area (Å²) in [6, 6.07) is 13.5.